The predicted octanol–water partition coefficient (Wildman–Crippen LogP) is 5.13. The number of ether oxygens (including phenoxy) is 2. The van der Waals surface area contributed by atoms with Gasteiger partial charge in [0, 0.05) is 33.7 Å². The number of hydrogen-bond acceptors (Lipinski definition) is 6. The van der Waals surface area contributed by atoms with E-state index in [1.165, 1.54) is 23.8 Å². The molecule has 4 atom stereocenters. The third kappa shape index (κ3) is 2.55. The zero-order valence-electron chi connectivity index (χ0n) is 22.1. The minimum absolute atomic E-state index is 0.0621. The zero-order chi connectivity index (χ0) is 25.6. The Labute approximate surface area is 212 Å². The van der Waals surface area contributed by atoms with Crippen LogP contribution in [0.2, 0.25) is 0 Å². The largest absolute Gasteiger partial charge is 0.483 e. The van der Waals surface area contributed by atoms with E-state index in [0.29, 0.717) is 22.7 Å². The Morgan fingerprint density at radius 1 is 1.25 bits per heavy atom. The van der Waals surface area contributed by atoms with Gasteiger partial charge < -0.3 is 20.1 Å². The second-order valence-corrected chi connectivity index (χ2v) is 10.8. The third-order valence-corrected chi connectivity index (χ3v) is 9.51. The molecule has 36 heavy (non-hydrogen) atoms. The SMILES string of the molecule is CC.COC(=O)c1cccc2nc3c(c(N)c12)C[C@@]1(C)[C@H]2Cc4ccc(C)c5c4[C@@]1(CCN2C)C3O5. The number of aromatic nitrogens is 1. The molecule has 0 radical (unpaired) electrons. The molecule has 7 rings (SSSR count). The molecule has 1 aromatic heterocycles. The van der Waals surface area contributed by atoms with E-state index in [2.05, 4.69) is 37.9 Å². The van der Waals surface area contributed by atoms with Gasteiger partial charge in [-0.2, -0.15) is 0 Å². The third-order valence-electron chi connectivity index (χ3n) is 9.51. The van der Waals surface area contributed by atoms with E-state index in [4.69, 9.17) is 20.2 Å². The highest BCUT2D eigenvalue weighted by Gasteiger charge is 2.70. The molecule has 1 saturated heterocycles. The molecule has 2 N–H and O–H groups in total. The molecule has 1 fully saturated rings. The van der Waals surface area contributed by atoms with Crippen molar-refractivity contribution in [3.63, 3.8) is 0 Å². The number of likely N-dealkylation sites (N-methyl/N-ethyl adjacent to an activating group) is 1. The number of fused-ring (bicyclic) bond motifs is 3. The number of aryl methyl sites for hydroxylation is 1. The van der Waals surface area contributed by atoms with Crippen molar-refractivity contribution in [1.29, 1.82) is 0 Å². The summed E-state index contributed by atoms with van der Waals surface area (Å²) in [5.41, 5.74) is 14.5. The van der Waals surface area contributed by atoms with E-state index in [0.717, 1.165) is 48.3 Å². The molecule has 188 valence electrons. The van der Waals surface area contributed by atoms with Crippen LogP contribution in [0.25, 0.3) is 10.9 Å². The molecular weight excluding hydrogens is 450 g/mol. The summed E-state index contributed by atoms with van der Waals surface area (Å²) < 4.78 is 12.0. The molecule has 3 aromatic rings. The van der Waals surface area contributed by atoms with Gasteiger partial charge in [0.25, 0.3) is 0 Å². The Bertz CT molecular complexity index is 1430. The van der Waals surface area contributed by atoms with Crippen LogP contribution in [0.15, 0.2) is 30.3 Å². The summed E-state index contributed by atoms with van der Waals surface area (Å²) in [7, 11) is 3.65. The molecule has 6 nitrogen and oxygen atoms in total. The van der Waals surface area contributed by atoms with Crippen molar-refractivity contribution in [2.24, 2.45) is 5.41 Å². The first kappa shape index (κ1) is 23.3. The van der Waals surface area contributed by atoms with Gasteiger partial charge >= 0.3 is 5.97 Å². The fourth-order valence-electron chi connectivity index (χ4n) is 7.91. The van der Waals surface area contributed by atoms with Crippen molar-refractivity contribution < 1.29 is 14.3 Å². The van der Waals surface area contributed by atoms with Crippen LogP contribution in [0, 0.1) is 12.3 Å². The average Bonchev–Trinajstić information content (AvgIpc) is 3.25. The van der Waals surface area contributed by atoms with Gasteiger partial charge in [-0.3, -0.25) is 0 Å². The van der Waals surface area contributed by atoms with Crippen LogP contribution in [0.4, 0.5) is 5.69 Å². The van der Waals surface area contributed by atoms with Gasteiger partial charge in [-0.1, -0.05) is 39.0 Å². The molecular formula is C30H35N3O3. The van der Waals surface area contributed by atoms with Crippen LogP contribution >= 0.6 is 0 Å². The van der Waals surface area contributed by atoms with Gasteiger partial charge in [-0.05, 0) is 63.0 Å². The van der Waals surface area contributed by atoms with Crippen LogP contribution in [0.5, 0.6) is 5.75 Å². The van der Waals surface area contributed by atoms with E-state index < -0.39 is 5.97 Å². The molecule has 2 bridgehead atoms. The Kier molecular flexibility index (Phi) is 4.97. The number of carbonyl (C=O) groups excluding carboxylic acids is 1. The van der Waals surface area contributed by atoms with Crippen molar-refractivity contribution >= 4 is 22.6 Å². The summed E-state index contributed by atoms with van der Waals surface area (Å²) in [6.07, 6.45) is 2.68. The number of methoxy groups -OCH3 is 1. The van der Waals surface area contributed by atoms with Gasteiger partial charge in [0.05, 0.1) is 29.3 Å². The number of esters is 1. The topological polar surface area (TPSA) is 77.7 Å². The average molecular weight is 486 g/mol. The fourth-order valence-corrected chi connectivity index (χ4v) is 7.91. The van der Waals surface area contributed by atoms with Crippen LogP contribution in [-0.4, -0.2) is 42.6 Å². The summed E-state index contributed by atoms with van der Waals surface area (Å²) in [5.74, 6) is 0.657. The smallest absolute Gasteiger partial charge is 0.338 e. The minimum atomic E-state index is -0.392. The zero-order valence-corrected chi connectivity index (χ0v) is 22.1. The van der Waals surface area contributed by atoms with Gasteiger partial charge in [0.1, 0.15) is 5.75 Å². The summed E-state index contributed by atoms with van der Waals surface area (Å²) in [6.45, 7) is 9.62. The van der Waals surface area contributed by atoms with Gasteiger partial charge in [0.2, 0.25) is 0 Å². The Hall–Kier alpha value is -3.12. The lowest BCUT2D eigenvalue weighted by molar-refractivity contribution is -0.0907. The summed E-state index contributed by atoms with van der Waals surface area (Å²) in [6, 6.07) is 10.4. The van der Waals surface area contributed by atoms with E-state index in [-0.39, 0.29) is 16.9 Å². The second-order valence-electron chi connectivity index (χ2n) is 10.8. The maximum absolute atomic E-state index is 12.6. The van der Waals surface area contributed by atoms with Crippen molar-refractivity contribution in [2.45, 2.75) is 64.5 Å². The molecule has 2 aromatic carbocycles. The number of carbonyl (C=O) groups is 1. The summed E-state index contributed by atoms with van der Waals surface area (Å²) in [5, 5.41) is 0.689. The molecule has 1 unspecified atom stereocenters. The molecule has 0 amide bonds. The quantitative estimate of drug-likeness (QED) is 0.482. The lowest BCUT2D eigenvalue weighted by Crippen LogP contribution is -2.68. The van der Waals surface area contributed by atoms with E-state index in [1.807, 2.05) is 26.0 Å². The number of benzene rings is 2. The number of pyridine rings is 1. The van der Waals surface area contributed by atoms with Crippen molar-refractivity contribution in [3.8, 4) is 5.75 Å². The molecule has 1 spiro atoms. The van der Waals surface area contributed by atoms with Crippen LogP contribution in [0.3, 0.4) is 0 Å². The number of nitrogen functional groups attached to an aromatic ring is 1. The number of hydrogen-bond donors (Lipinski definition) is 1. The number of piperidine rings is 1. The van der Waals surface area contributed by atoms with Crippen molar-refractivity contribution in [2.75, 3.05) is 26.4 Å². The summed E-state index contributed by atoms with van der Waals surface area (Å²) >= 11 is 0. The van der Waals surface area contributed by atoms with Crippen molar-refractivity contribution in [3.05, 3.63) is 63.8 Å². The molecule has 2 aliphatic carbocycles. The number of likely N-dealkylation sites (tertiary alicyclic amines) is 1. The molecule has 3 heterocycles. The van der Waals surface area contributed by atoms with Crippen molar-refractivity contribution in [1.82, 2.24) is 9.88 Å². The Morgan fingerprint density at radius 3 is 2.78 bits per heavy atom. The van der Waals surface area contributed by atoms with E-state index >= 15 is 0 Å². The maximum Gasteiger partial charge on any atom is 0.338 e. The standard InChI is InChI=1S/C28H29N3O3.C2H6/c1-14-8-9-15-12-19-27(2)13-17-22(29)20-16(26(32)33-4)6-5-7-18(20)30-23(17)25-28(27,10-11-31(19)3)21(15)24(14)34-25;1-2/h5-9,19,25H,10-13H2,1-4H3,(H2,29,30);1-2H3/t19-,25?,27+,28+;/m1./s1. The lowest BCUT2D eigenvalue weighted by atomic mass is 9.44. The second kappa shape index (κ2) is 7.69. The minimum Gasteiger partial charge on any atom is -0.483 e. The maximum atomic E-state index is 12.6. The molecule has 0 saturated carbocycles. The van der Waals surface area contributed by atoms with Crippen LogP contribution < -0.4 is 10.5 Å². The highest BCUT2D eigenvalue weighted by molar-refractivity contribution is 6.09. The Balaban J connectivity index is 0.00000117. The first-order valence-electron chi connectivity index (χ1n) is 13.1. The molecule has 4 aliphatic rings. The highest BCUT2D eigenvalue weighted by atomic mass is 16.5. The number of nitrogens with two attached hydrogens (primary N) is 1. The highest BCUT2D eigenvalue weighted by Crippen LogP contribution is 2.71. The van der Waals surface area contributed by atoms with Crippen LogP contribution in [0.1, 0.15) is 71.6 Å². The van der Waals surface area contributed by atoms with E-state index in [9.17, 15) is 4.79 Å². The Morgan fingerprint density at radius 2 is 2.03 bits per heavy atom. The van der Waals surface area contributed by atoms with Gasteiger partial charge in [-0.25, -0.2) is 9.78 Å². The van der Waals surface area contributed by atoms with Gasteiger partial charge in [0.15, 0.2) is 6.10 Å². The molecule has 6 heteroatoms. The van der Waals surface area contributed by atoms with E-state index in [1.54, 1.807) is 6.07 Å². The lowest BCUT2D eigenvalue weighted by Gasteiger charge is -2.64. The van der Waals surface area contributed by atoms with Crippen LogP contribution in [-0.2, 0) is 23.0 Å². The number of rotatable bonds is 1. The normalized spacial score (nSPS) is 28.9. The van der Waals surface area contributed by atoms with Gasteiger partial charge in [-0.15, -0.1) is 0 Å². The summed E-state index contributed by atoms with van der Waals surface area (Å²) in [4.78, 5) is 20.3. The number of anilines is 1. The predicted molar refractivity (Wildman–Crippen MR) is 142 cm³/mol. The fraction of sp³-hybridized carbons (Fsp3) is 0.467. The first-order chi connectivity index (χ1) is 17.3. The first-order valence-corrected chi connectivity index (χ1v) is 13.1. The monoisotopic (exact) mass is 485 g/mol. The molecule has 2 aliphatic heterocycles. The number of nitrogens with zero attached hydrogens (tertiary/aromatic N) is 2.